The van der Waals surface area contributed by atoms with Crippen molar-refractivity contribution in [3.8, 4) is 17.0 Å². The van der Waals surface area contributed by atoms with Crippen LogP contribution in [0.4, 0.5) is 13.2 Å². The SMILES string of the molecule is FC(F)(F)c1cc(-c2cccc3nc(Cc4ccc(OCCN5CCCC5)cc4)nn23)ccc1Cl. The first kappa shape index (κ1) is 23.6. The molecule has 5 nitrogen and oxygen atoms in total. The molecular formula is C26H24ClF3N4O. The zero-order valence-electron chi connectivity index (χ0n) is 18.9. The van der Waals surface area contributed by atoms with Crippen molar-refractivity contribution in [1.29, 1.82) is 0 Å². The van der Waals surface area contributed by atoms with Crippen LogP contribution in [0.3, 0.4) is 0 Å². The number of nitrogens with zero attached hydrogens (tertiary/aromatic N) is 4. The van der Waals surface area contributed by atoms with Gasteiger partial charge in [-0.05, 0) is 67.9 Å². The maximum Gasteiger partial charge on any atom is 0.417 e. The van der Waals surface area contributed by atoms with Gasteiger partial charge in [0.2, 0.25) is 0 Å². The average molecular weight is 501 g/mol. The van der Waals surface area contributed by atoms with Crippen molar-refractivity contribution in [3.05, 3.63) is 82.6 Å². The maximum absolute atomic E-state index is 13.3. The van der Waals surface area contributed by atoms with E-state index in [-0.39, 0.29) is 5.02 Å². The lowest BCUT2D eigenvalue weighted by Gasteiger charge is -2.14. The van der Waals surface area contributed by atoms with Crippen LogP contribution in [0.15, 0.2) is 60.7 Å². The number of fused-ring (bicyclic) bond motifs is 1. The molecule has 0 saturated carbocycles. The molecule has 0 radical (unpaired) electrons. The highest BCUT2D eigenvalue weighted by Crippen LogP contribution is 2.37. The van der Waals surface area contributed by atoms with Crippen LogP contribution in [0.25, 0.3) is 16.9 Å². The molecule has 1 aliphatic rings. The van der Waals surface area contributed by atoms with E-state index in [1.54, 1.807) is 28.8 Å². The fraction of sp³-hybridized carbons (Fsp3) is 0.308. The Balaban J connectivity index is 1.31. The van der Waals surface area contributed by atoms with Crippen LogP contribution >= 0.6 is 11.6 Å². The van der Waals surface area contributed by atoms with E-state index in [1.807, 2.05) is 24.3 Å². The third kappa shape index (κ3) is 5.44. The summed E-state index contributed by atoms with van der Waals surface area (Å²) in [7, 11) is 0. The quantitative estimate of drug-likeness (QED) is 0.306. The van der Waals surface area contributed by atoms with Crippen molar-refractivity contribution in [2.24, 2.45) is 0 Å². The van der Waals surface area contributed by atoms with Crippen molar-refractivity contribution >= 4 is 17.2 Å². The highest BCUT2D eigenvalue weighted by atomic mass is 35.5. The van der Waals surface area contributed by atoms with E-state index in [9.17, 15) is 13.2 Å². The fourth-order valence-electron chi connectivity index (χ4n) is 4.33. The molecular weight excluding hydrogens is 477 g/mol. The van der Waals surface area contributed by atoms with Gasteiger partial charge in [0.1, 0.15) is 12.4 Å². The van der Waals surface area contributed by atoms with Crippen molar-refractivity contribution < 1.29 is 17.9 Å². The minimum atomic E-state index is -4.54. The Hall–Kier alpha value is -3.10. The Labute approximate surface area is 206 Å². The second-order valence-corrected chi connectivity index (χ2v) is 9.03. The van der Waals surface area contributed by atoms with Crippen molar-refractivity contribution in [1.82, 2.24) is 19.5 Å². The summed E-state index contributed by atoms with van der Waals surface area (Å²) in [5.41, 5.74) is 1.56. The third-order valence-electron chi connectivity index (χ3n) is 6.13. The molecule has 182 valence electrons. The Bertz CT molecular complexity index is 1310. The smallest absolute Gasteiger partial charge is 0.417 e. The predicted molar refractivity (Wildman–Crippen MR) is 129 cm³/mol. The molecule has 0 unspecified atom stereocenters. The molecule has 0 spiro atoms. The van der Waals surface area contributed by atoms with E-state index in [2.05, 4.69) is 15.0 Å². The van der Waals surface area contributed by atoms with Gasteiger partial charge in [0.05, 0.1) is 16.3 Å². The normalized spacial score (nSPS) is 14.6. The van der Waals surface area contributed by atoms with Gasteiger partial charge in [-0.3, -0.25) is 4.90 Å². The Kier molecular flexibility index (Phi) is 6.67. The molecule has 4 aromatic rings. The summed E-state index contributed by atoms with van der Waals surface area (Å²) in [5, 5.41) is 4.23. The number of ether oxygens (including phenoxy) is 1. The monoisotopic (exact) mass is 500 g/mol. The second-order valence-electron chi connectivity index (χ2n) is 8.62. The molecule has 2 aromatic carbocycles. The van der Waals surface area contributed by atoms with Gasteiger partial charge in [0, 0.05) is 18.5 Å². The zero-order valence-corrected chi connectivity index (χ0v) is 19.7. The van der Waals surface area contributed by atoms with Gasteiger partial charge in [-0.2, -0.15) is 18.3 Å². The second kappa shape index (κ2) is 9.87. The van der Waals surface area contributed by atoms with Gasteiger partial charge in [0.15, 0.2) is 11.5 Å². The third-order valence-corrected chi connectivity index (χ3v) is 6.46. The van der Waals surface area contributed by atoms with Crippen LogP contribution in [0.1, 0.15) is 29.8 Å². The summed E-state index contributed by atoms with van der Waals surface area (Å²) < 4.78 is 47.5. The summed E-state index contributed by atoms with van der Waals surface area (Å²) in [6, 6.07) is 16.9. The lowest BCUT2D eigenvalue weighted by atomic mass is 10.1. The average Bonchev–Trinajstić information content (AvgIpc) is 3.49. The van der Waals surface area contributed by atoms with Crippen LogP contribution in [0, 0.1) is 0 Å². The van der Waals surface area contributed by atoms with Crippen molar-refractivity contribution in [3.63, 3.8) is 0 Å². The first-order valence-electron chi connectivity index (χ1n) is 11.5. The summed E-state index contributed by atoms with van der Waals surface area (Å²) >= 11 is 5.78. The molecule has 1 aliphatic heterocycles. The van der Waals surface area contributed by atoms with Crippen LogP contribution in [-0.2, 0) is 12.6 Å². The molecule has 1 saturated heterocycles. The predicted octanol–water partition coefficient (Wildman–Crippen LogP) is 6.13. The summed E-state index contributed by atoms with van der Waals surface area (Å²) in [4.78, 5) is 6.97. The van der Waals surface area contributed by atoms with E-state index in [1.165, 1.54) is 18.9 Å². The van der Waals surface area contributed by atoms with Gasteiger partial charge in [-0.25, -0.2) is 9.50 Å². The van der Waals surface area contributed by atoms with Gasteiger partial charge in [-0.15, -0.1) is 0 Å². The van der Waals surface area contributed by atoms with Gasteiger partial charge >= 0.3 is 6.18 Å². The number of rotatable bonds is 7. The molecule has 2 aromatic heterocycles. The lowest BCUT2D eigenvalue weighted by Crippen LogP contribution is -2.25. The molecule has 9 heteroatoms. The van der Waals surface area contributed by atoms with Gasteiger partial charge < -0.3 is 4.74 Å². The number of likely N-dealkylation sites (tertiary alicyclic amines) is 1. The van der Waals surface area contributed by atoms with Crippen LogP contribution in [0.5, 0.6) is 5.75 Å². The number of pyridine rings is 1. The van der Waals surface area contributed by atoms with E-state index < -0.39 is 11.7 Å². The molecule has 1 fully saturated rings. The molecule has 5 rings (SSSR count). The summed E-state index contributed by atoms with van der Waals surface area (Å²) in [5.74, 6) is 1.39. The molecule has 35 heavy (non-hydrogen) atoms. The highest BCUT2D eigenvalue weighted by Gasteiger charge is 2.33. The molecule has 0 amide bonds. The highest BCUT2D eigenvalue weighted by molar-refractivity contribution is 6.31. The van der Waals surface area contributed by atoms with E-state index >= 15 is 0 Å². The number of hydrogen-bond acceptors (Lipinski definition) is 4. The molecule has 0 N–H and O–H groups in total. The topological polar surface area (TPSA) is 42.7 Å². The number of alkyl halides is 3. The molecule has 0 bridgehead atoms. The number of hydrogen-bond donors (Lipinski definition) is 0. The van der Waals surface area contributed by atoms with E-state index in [0.29, 0.717) is 35.8 Å². The summed E-state index contributed by atoms with van der Waals surface area (Å²) in [6.45, 7) is 3.90. The first-order valence-corrected chi connectivity index (χ1v) is 11.9. The van der Waals surface area contributed by atoms with E-state index in [4.69, 9.17) is 16.3 Å². The minimum Gasteiger partial charge on any atom is -0.492 e. The number of aromatic nitrogens is 3. The Morgan fingerprint density at radius 1 is 0.971 bits per heavy atom. The van der Waals surface area contributed by atoms with Crippen LogP contribution < -0.4 is 4.74 Å². The van der Waals surface area contributed by atoms with Crippen LogP contribution in [-0.4, -0.2) is 45.7 Å². The minimum absolute atomic E-state index is 0.337. The zero-order chi connectivity index (χ0) is 24.4. The molecule has 0 aliphatic carbocycles. The number of benzene rings is 2. The van der Waals surface area contributed by atoms with Crippen molar-refractivity contribution in [2.45, 2.75) is 25.4 Å². The molecule has 3 heterocycles. The van der Waals surface area contributed by atoms with E-state index in [0.717, 1.165) is 37.0 Å². The first-order chi connectivity index (χ1) is 16.9. The number of halogens is 4. The Morgan fingerprint density at radius 3 is 2.49 bits per heavy atom. The lowest BCUT2D eigenvalue weighted by molar-refractivity contribution is -0.137. The molecule has 0 atom stereocenters. The van der Waals surface area contributed by atoms with Crippen molar-refractivity contribution in [2.75, 3.05) is 26.2 Å². The largest absolute Gasteiger partial charge is 0.492 e. The fourth-order valence-corrected chi connectivity index (χ4v) is 4.55. The standard InChI is InChI=1S/C26H24ClF3N4O/c27-22-11-8-19(17-21(22)26(28,29)30)23-4-3-5-25-31-24(32-34(23)25)16-18-6-9-20(10-7-18)35-15-14-33-12-1-2-13-33/h3-11,17H,1-2,12-16H2. The summed E-state index contributed by atoms with van der Waals surface area (Å²) in [6.07, 6.45) is -1.52. The Morgan fingerprint density at radius 2 is 1.74 bits per heavy atom. The van der Waals surface area contributed by atoms with Crippen LogP contribution in [0.2, 0.25) is 5.02 Å². The van der Waals surface area contributed by atoms with Gasteiger partial charge in [0.25, 0.3) is 0 Å². The maximum atomic E-state index is 13.3. The van der Waals surface area contributed by atoms with Gasteiger partial charge in [-0.1, -0.05) is 35.9 Å².